The molecule has 2 saturated heterocycles. The van der Waals surface area contributed by atoms with Crippen LogP contribution in [-0.2, 0) is 6.42 Å². The summed E-state index contributed by atoms with van der Waals surface area (Å²) >= 11 is 0. The van der Waals surface area contributed by atoms with Crippen molar-refractivity contribution < 1.29 is 13.9 Å². The standard InChI is InChI=1S/C24H30FN3O2/c25-23-10-9-21(30-20-7-5-18(6-8-20)11-12-26)16-22(23)24(29)28-15-3-4-19(17-28)27-13-1-2-14-27/h5-10,16,19H,1-4,11-15,17,26H2. The summed E-state index contributed by atoms with van der Waals surface area (Å²) in [6, 6.07) is 12.4. The number of likely N-dealkylation sites (tertiary alicyclic amines) is 2. The van der Waals surface area contributed by atoms with Crippen molar-refractivity contribution in [1.29, 1.82) is 0 Å². The Morgan fingerprint density at radius 1 is 1.03 bits per heavy atom. The second-order valence-electron chi connectivity index (χ2n) is 8.22. The molecule has 2 aliphatic rings. The summed E-state index contributed by atoms with van der Waals surface area (Å²) in [4.78, 5) is 17.4. The van der Waals surface area contributed by atoms with E-state index in [0.29, 0.717) is 37.2 Å². The molecule has 4 rings (SSSR count). The van der Waals surface area contributed by atoms with Gasteiger partial charge >= 0.3 is 0 Å². The van der Waals surface area contributed by atoms with E-state index in [9.17, 15) is 9.18 Å². The van der Waals surface area contributed by atoms with Gasteiger partial charge in [-0.2, -0.15) is 0 Å². The van der Waals surface area contributed by atoms with Gasteiger partial charge < -0.3 is 15.4 Å². The summed E-state index contributed by atoms with van der Waals surface area (Å²) in [7, 11) is 0. The zero-order chi connectivity index (χ0) is 20.9. The van der Waals surface area contributed by atoms with Crippen LogP contribution in [0.25, 0.3) is 0 Å². The second-order valence-corrected chi connectivity index (χ2v) is 8.22. The van der Waals surface area contributed by atoms with Gasteiger partial charge in [0, 0.05) is 19.1 Å². The minimum Gasteiger partial charge on any atom is -0.457 e. The van der Waals surface area contributed by atoms with E-state index in [1.54, 1.807) is 11.0 Å². The number of amides is 1. The quantitative estimate of drug-likeness (QED) is 0.785. The molecule has 30 heavy (non-hydrogen) atoms. The Hall–Kier alpha value is -2.44. The van der Waals surface area contributed by atoms with Gasteiger partial charge in [0.2, 0.25) is 0 Å². The first-order chi connectivity index (χ1) is 14.6. The molecule has 1 atom stereocenters. The highest BCUT2D eigenvalue weighted by Gasteiger charge is 2.30. The lowest BCUT2D eigenvalue weighted by Crippen LogP contribution is -2.49. The minimum atomic E-state index is -0.506. The van der Waals surface area contributed by atoms with E-state index in [0.717, 1.165) is 37.9 Å². The fourth-order valence-electron chi connectivity index (χ4n) is 4.47. The predicted octanol–water partition coefficient (Wildman–Crippen LogP) is 3.82. The number of benzene rings is 2. The summed E-state index contributed by atoms with van der Waals surface area (Å²) in [6.45, 7) is 4.16. The van der Waals surface area contributed by atoms with Crippen LogP contribution in [-0.4, -0.2) is 54.5 Å². The zero-order valence-corrected chi connectivity index (χ0v) is 17.4. The second kappa shape index (κ2) is 9.58. The van der Waals surface area contributed by atoms with E-state index in [4.69, 9.17) is 10.5 Å². The molecule has 1 unspecified atom stereocenters. The maximum atomic E-state index is 14.5. The molecule has 2 aromatic rings. The van der Waals surface area contributed by atoms with Gasteiger partial charge in [0.05, 0.1) is 5.56 Å². The van der Waals surface area contributed by atoms with E-state index in [1.165, 1.54) is 25.0 Å². The number of hydrogen-bond donors (Lipinski definition) is 1. The van der Waals surface area contributed by atoms with Crippen LogP contribution in [0.4, 0.5) is 4.39 Å². The van der Waals surface area contributed by atoms with Gasteiger partial charge in [0.1, 0.15) is 17.3 Å². The van der Waals surface area contributed by atoms with Crippen LogP contribution in [0.2, 0.25) is 0 Å². The molecule has 2 fully saturated rings. The van der Waals surface area contributed by atoms with Gasteiger partial charge in [-0.3, -0.25) is 9.69 Å². The van der Waals surface area contributed by atoms with Crippen molar-refractivity contribution in [2.24, 2.45) is 5.73 Å². The SMILES string of the molecule is NCCc1ccc(Oc2ccc(F)c(C(=O)N3CCCC(N4CCCC4)C3)c2)cc1. The molecule has 0 aromatic heterocycles. The molecule has 5 nitrogen and oxygen atoms in total. The number of nitrogens with two attached hydrogens (primary N) is 1. The van der Waals surface area contributed by atoms with Gasteiger partial charge in [0.25, 0.3) is 5.91 Å². The van der Waals surface area contributed by atoms with Crippen molar-refractivity contribution in [3.63, 3.8) is 0 Å². The molecule has 2 aliphatic heterocycles. The van der Waals surface area contributed by atoms with Gasteiger partial charge in [-0.05, 0) is 87.6 Å². The number of hydrogen-bond acceptors (Lipinski definition) is 4. The lowest BCUT2D eigenvalue weighted by Gasteiger charge is -2.37. The van der Waals surface area contributed by atoms with Crippen LogP contribution < -0.4 is 10.5 Å². The van der Waals surface area contributed by atoms with Gasteiger partial charge in [0.15, 0.2) is 0 Å². The number of carbonyl (C=O) groups is 1. The van der Waals surface area contributed by atoms with Gasteiger partial charge in [-0.1, -0.05) is 12.1 Å². The molecule has 2 heterocycles. The van der Waals surface area contributed by atoms with Crippen molar-refractivity contribution in [3.8, 4) is 11.5 Å². The van der Waals surface area contributed by atoms with E-state index < -0.39 is 5.82 Å². The first-order valence-corrected chi connectivity index (χ1v) is 10.9. The molecule has 160 valence electrons. The topological polar surface area (TPSA) is 58.8 Å². The van der Waals surface area contributed by atoms with E-state index in [1.807, 2.05) is 24.3 Å². The first-order valence-electron chi connectivity index (χ1n) is 10.9. The Kier molecular flexibility index (Phi) is 6.65. The highest BCUT2D eigenvalue weighted by atomic mass is 19.1. The van der Waals surface area contributed by atoms with Crippen LogP contribution in [0.1, 0.15) is 41.6 Å². The van der Waals surface area contributed by atoms with Crippen molar-refractivity contribution in [2.45, 2.75) is 38.1 Å². The molecule has 0 bridgehead atoms. The van der Waals surface area contributed by atoms with Crippen LogP contribution >= 0.6 is 0 Å². The number of carbonyl (C=O) groups excluding carboxylic acids is 1. The van der Waals surface area contributed by atoms with Crippen molar-refractivity contribution in [2.75, 3.05) is 32.7 Å². The summed E-state index contributed by atoms with van der Waals surface area (Å²) < 4.78 is 20.4. The number of halogens is 1. The van der Waals surface area contributed by atoms with Crippen LogP contribution in [0, 0.1) is 5.82 Å². The molecule has 0 spiro atoms. The maximum absolute atomic E-state index is 14.5. The van der Waals surface area contributed by atoms with Crippen molar-refractivity contribution in [3.05, 3.63) is 59.4 Å². The summed E-state index contributed by atoms with van der Waals surface area (Å²) in [6.07, 6.45) is 5.33. The molecular weight excluding hydrogens is 381 g/mol. The lowest BCUT2D eigenvalue weighted by atomic mass is 10.0. The van der Waals surface area contributed by atoms with Gasteiger partial charge in [-0.15, -0.1) is 0 Å². The average molecular weight is 412 g/mol. The highest BCUT2D eigenvalue weighted by molar-refractivity contribution is 5.95. The third-order valence-electron chi connectivity index (χ3n) is 6.10. The number of ether oxygens (including phenoxy) is 1. The fraction of sp³-hybridized carbons (Fsp3) is 0.458. The Balaban J connectivity index is 1.46. The lowest BCUT2D eigenvalue weighted by molar-refractivity contribution is 0.0603. The molecule has 0 radical (unpaired) electrons. The smallest absolute Gasteiger partial charge is 0.257 e. The first kappa shape index (κ1) is 20.8. The Bertz CT molecular complexity index is 865. The largest absolute Gasteiger partial charge is 0.457 e. The van der Waals surface area contributed by atoms with E-state index in [2.05, 4.69) is 4.90 Å². The molecular formula is C24H30FN3O2. The number of piperidine rings is 1. The Labute approximate surface area is 177 Å². The highest BCUT2D eigenvalue weighted by Crippen LogP contribution is 2.27. The summed E-state index contributed by atoms with van der Waals surface area (Å²) in [5.41, 5.74) is 6.80. The monoisotopic (exact) mass is 411 g/mol. The van der Waals surface area contributed by atoms with Gasteiger partial charge in [-0.25, -0.2) is 4.39 Å². The van der Waals surface area contributed by atoms with Crippen molar-refractivity contribution >= 4 is 5.91 Å². The molecule has 2 aromatic carbocycles. The third-order valence-corrected chi connectivity index (χ3v) is 6.10. The molecule has 1 amide bonds. The fourth-order valence-corrected chi connectivity index (χ4v) is 4.47. The minimum absolute atomic E-state index is 0.0781. The predicted molar refractivity (Wildman–Crippen MR) is 115 cm³/mol. The number of rotatable bonds is 6. The normalized spacial score (nSPS) is 19.8. The third kappa shape index (κ3) is 4.82. The number of nitrogens with zero attached hydrogens (tertiary/aromatic N) is 2. The van der Waals surface area contributed by atoms with Crippen LogP contribution in [0.5, 0.6) is 11.5 Å². The molecule has 0 saturated carbocycles. The van der Waals surface area contributed by atoms with Crippen molar-refractivity contribution in [1.82, 2.24) is 9.80 Å². The summed E-state index contributed by atoms with van der Waals surface area (Å²) in [5, 5.41) is 0. The van der Waals surface area contributed by atoms with E-state index >= 15 is 0 Å². The zero-order valence-electron chi connectivity index (χ0n) is 17.4. The summed E-state index contributed by atoms with van der Waals surface area (Å²) in [5.74, 6) is 0.348. The molecule has 2 N–H and O–H groups in total. The van der Waals surface area contributed by atoms with Crippen LogP contribution in [0.15, 0.2) is 42.5 Å². The van der Waals surface area contributed by atoms with E-state index in [-0.39, 0.29) is 11.5 Å². The molecule has 6 heteroatoms. The molecule has 0 aliphatic carbocycles. The average Bonchev–Trinajstić information content (AvgIpc) is 3.31. The Morgan fingerprint density at radius 3 is 2.50 bits per heavy atom. The van der Waals surface area contributed by atoms with Crippen LogP contribution in [0.3, 0.4) is 0 Å². The Morgan fingerprint density at radius 2 is 1.77 bits per heavy atom. The maximum Gasteiger partial charge on any atom is 0.257 e.